The van der Waals surface area contributed by atoms with E-state index in [0.717, 1.165) is 12.8 Å². The number of rotatable bonds is 9. The van der Waals surface area contributed by atoms with Crippen LogP contribution in [0.3, 0.4) is 0 Å². The third-order valence-electron chi connectivity index (χ3n) is 7.35. The predicted molar refractivity (Wildman–Crippen MR) is 149 cm³/mol. The van der Waals surface area contributed by atoms with Gasteiger partial charge in [0.2, 0.25) is 0 Å². The second-order valence-electron chi connectivity index (χ2n) is 11.4. The lowest BCUT2D eigenvalue weighted by Crippen LogP contribution is -2.55. The minimum absolute atomic E-state index is 0.0693. The Hall–Kier alpha value is -2.69. The van der Waals surface area contributed by atoms with Crippen LogP contribution in [0.5, 0.6) is 5.75 Å². The van der Waals surface area contributed by atoms with Crippen molar-refractivity contribution in [2.24, 2.45) is 0 Å². The first-order chi connectivity index (χ1) is 18.7. The van der Waals surface area contributed by atoms with Gasteiger partial charge in [-0.2, -0.15) is 0 Å². The number of hydrogen-bond donors (Lipinski definition) is 3. The molecule has 2 saturated heterocycles. The first-order valence-electron chi connectivity index (χ1n) is 13.2. The number of alkyl halides is 2. The van der Waals surface area contributed by atoms with E-state index in [4.69, 9.17) is 27.9 Å². The lowest BCUT2D eigenvalue weighted by atomic mass is 9.96. The molecule has 8 nitrogen and oxygen atoms in total. The first kappa shape index (κ1) is 30.3. The predicted octanol–water partition coefficient (Wildman–Crippen LogP) is 5.08. The third-order valence-corrected chi connectivity index (χ3v) is 7.96. The zero-order valence-corrected chi connectivity index (χ0v) is 24.3. The van der Waals surface area contributed by atoms with Crippen LogP contribution in [0.15, 0.2) is 30.5 Å². The Morgan fingerprint density at radius 3 is 2.33 bits per heavy atom. The molecule has 12 heteroatoms. The van der Waals surface area contributed by atoms with E-state index in [-0.39, 0.29) is 45.4 Å². The van der Waals surface area contributed by atoms with Crippen LogP contribution in [0.25, 0.3) is 0 Å². The van der Waals surface area contributed by atoms with Gasteiger partial charge in [-0.05, 0) is 71.6 Å². The molecule has 2 fully saturated rings. The van der Waals surface area contributed by atoms with Crippen LogP contribution in [0.1, 0.15) is 69.3 Å². The van der Waals surface area contributed by atoms with Gasteiger partial charge in [-0.3, -0.25) is 9.59 Å². The van der Waals surface area contributed by atoms with Crippen molar-refractivity contribution in [2.45, 2.75) is 89.1 Å². The molecule has 0 spiro atoms. The molecule has 1 aromatic carbocycles. The number of hydrogen-bond acceptors (Lipinski definition) is 6. The lowest BCUT2D eigenvalue weighted by molar-refractivity contribution is -0.135. The highest BCUT2D eigenvalue weighted by molar-refractivity contribution is 6.34. The van der Waals surface area contributed by atoms with E-state index < -0.39 is 30.1 Å². The number of anilines is 1. The molecule has 1 aromatic heterocycles. The molecule has 218 valence electrons. The molecular formula is C28H34Cl2F2N4O4. The fourth-order valence-corrected chi connectivity index (χ4v) is 5.96. The summed E-state index contributed by atoms with van der Waals surface area (Å²) in [5.74, 6) is 0.0752. The SMILES string of the molecule is CC(C)(Oc1cc(Cl)c(C(C)(C)O)cc1Cl)C(=O)NC1C[C@H]2CC[C@@H](C1)N2c1ccc(C(=O)NCC(F)F)cn1. The van der Waals surface area contributed by atoms with Gasteiger partial charge in [0.05, 0.1) is 27.8 Å². The second kappa shape index (κ2) is 11.7. The molecule has 3 atom stereocenters. The zero-order chi connectivity index (χ0) is 29.4. The molecule has 1 unspecified atom stereocenters. The van der Waals surface area contributed by atoms with E-state index in [1.165, 1.54) is 18.3 Å². The van der Waals surface area contributed by atoms with E-state index >= 15 is 0 Å². The highest BCUT2D eigenvalue weighted by atomic mass is 35.5. The number of piperidine rings is 1. The van der Waals surface area contributed by atoms with E-state index in [9.17, 15) is 23.5 Å². The summed E-state index contributed by atoms with van der Waals surface area (Å²) in [5.41, 5.74) is -1.77. The molecule has 2 aromatic rings. The highest BCUT2D eigenvalue weighted by Crippen LogP contribution is 2.40. The Morgan fingerprint density at radius 2 is 1.77 bits per heavy atom. The van der Waals surface area contributed by atoms with Crippen LogP contribution < -0.4 is 20.3 Å². The standard InChI is InChI=1S/C28H34Cl2F2N4O4/c1-27(2,39)19-11-21(30)22(12-20(19)29)40-28(3,4)26(38)35-16-9-17-6-7-18(10-16)36(17)24-8-5-15(13-33-24)25(37)34-14-23(31)32/h5,8,11-13,16-18,23,39H,6-7,9-10,14H2,1-4H3,(H,34,37)(H,35,38)/t16?,17-,18+. The summed E-state index contributed by atoms with van der Waals surface area (Å²) in [6, 6.07) is 6.60. The molecule has 0 aliphatic carbocycles. The van der Waals surface area contributed by atoms with Crippen molar-refractivity contribution in [2.75, 3.05) is 11.4 Å². The second-order valence-corrected chi connectivity index (χ2v) is 12.2. The summed E-state index contributed by atoms with van der Waals surface area (Å²) in [6.07, 6.45) is 2.09. The maximum atomic E-state index is 13.3. The van der Waals surface area contributed by atoms with Gasteiger partial charge in [0, 0.05) is 36.0 Å². The topological polar surface area (TPSA) is 104 Å². The number of aromatic nitrogens is 1. The van der Waals surface area contributed by atoms with Crippen LogP contribution in [0.4, 0.5) is 14.6 Å². The van der Waals surface area contributed by atoms with Crippen molar-refractivity contribution in [3.05, 3.63) is 51.6 Å². The van der Waals surface area contributed by atoms with Gasteiger partial charge in [0.15, 0.2) is 5.60 Å². The van der Waals surface area contributed by atoms with Crippen molar-refractivity contribution in [3.8, 4) is 5.75 Å². The quantitative estimate of drug-likeness (QED) is 0.372. The minimum atomic E-state index is -2.62. The molecule has 2 bridgehead atoms. The van der Waals surface area contributed by atoms with Crippen LogP contribution in [0.2, 0.25) is 10.0 Å². The number of nitrogens with one attached hydrogen (secondary N) is 2. The Bertz CT molecular complexity index is 1240. The van der Waals surface area contributed by atoms with Gasteiger partial charge in [0.1, 0.15) is 11.6 Å². The van der Waals surface area contributed by atoms with Gasteiger partial charge in [-0.1, -0.05) is 23.2 Å². The van der Waals surface area contributed by atoms with Gasteiger partial charge in [-0.15, -0.1) is 0 Å². The molecule has 0 saturated carbocycles. The highest BCUT2D eigenvalue weighted by Gasteiger charge is 2.43. The van der Waals surface area contributed by atoms with E-state index in [0.29, 0.717) is 24.2 Å². The van der Waals surface area contributed by atoms with Crippen LogP contribution >= 0.6 is 23.2 Å². The number of ether oxygens (including phenoxy) is 1. The van der Waals surface area contributed by atoms with E-state index in [1.807, 2.05) is 0 Å². The monoisotopic (exact) mass is 598 g/mol. The normalized spacial score (nSPS) is 20.9. The number of aliphatic hydroxyl groups is 1. The molecule has 2 amide bonds. The summed E-state index contributed by atoms with van der Waals surface area (Å²) in [6.45, 7) is 5.81. The van der Waals surface area contributed by atoms with Crippen molar-refractivity contribution in [3.63, 3.8) is 0 Å². The van der Waals surface area contributed by atoms with Gasteiger partial charge < -0.3 is 25.4 Å². The Labute approximate surface area is 242 Å². The number of carbonyl (C=O) groups excluding carboxylic acids is 2. The molecule has 3 heterocycles. The van der Waals surface area contributed by atoms with Crippen LogP contribution in [-0.2, 0) is 10.4 Å². The molecule has 40 heavy (non-hydrogen) atoms. The average molecular weight is 600 g/mol. The molecule has 4 rings (SSSR count). The van der Waals surface area contributed by atoms with Crippen LogP contribution in [-0.4, -0.2) is 58.6 Å². The van der Waals surface area contributed by atoms with Crippen molar-refractivity contribution >= 4 is 40.8 Å². The van der Waals surface area contributed by atoms with Gasteiger partial charge >= 0.3 is 0 Å². The summed E-state index contributed by atoms with van der Waals surface area (Å²) >= 11 is 12.7. The minimum Gasteiger partial charge on any atom is -0.476 e. The summed E-state index contributed by atoms with van der Waals surface area (Å²) < 4.78 is 30.8. The largest absolute Gasteiger partial charge is 0.476 e. The number of fused-ring (bicyclic) bond motifs is 2. The maximum absolute atomic E-state index is 13.3. The molecule has 2 aliphatic rings. The van der Waals surface area contributed by atoms with Crippen molar-refractivity contribution < 1.29 is 28.2 Å². The van der Waals surface area contributed by atoms with Gasteiger partial charge in [-0.25, -0.2) is 13.8 Å². The van der Waals surface area contributed by atoms with Gasteiger partial charge in [0.25, 0.3) is 18.2 Å². The van der Waals surface area contributed by atoms with Crippen LogP contribution in [0, 0.1) is 0 Å². The molecule has 3 N–H and O–H groups in total. The Kier molecular flexibility index (Phi) is 8.82. The number of nitrogens with zero attached hydrogens (tertiary/aromatic N) is 2. The fourth-order valence-electron chi connectivity index (χ4n) is 5.37. The number of halogens is 4. The summed E-state index contributed by atoms with van der Waals surface area (Å²) in [5, 5.41) is 16.1. The number of carbonyl (C=O) groups is 2. The smallest absolute Gasteiger partial charge is 0.263 e. The molecule has 0 radical (unpaired) electrons. The van der Waals surface area contributed by atoms with Crippen molar-refractivity contribution in [1.82, 2.24) is 15.6 Å². The van der Waals surface area contributed by atoms with E-state index in [1.54, 1.807) is 39.8 Å². The third kappa shape index (κ3) is 6.78. The zero-order valence-electron chi connectivity index (χ0n) is 22.8. The summed E-state index contributed by atoms with van der Waals surface area (Å²) in [7, 11) is 0. The number of pyridine rings is 1. The molecule has 2 aliphatic heterocycles. The lowest BCUT2D eigenvalue weighted by Gasteiger charge is -2.41. The Morgan fingerprint density at radius 1 is 1.12 bits per heavy atom. The summed E-state index contributed by atoms with van der Waals surface area (Å²) in [4.78, 5) is 32.0. The maximum Gasteiger partial charge on any atom is 0.263 e. The molecular weight excluding hydrogens is 565 g/mol. The number of amides is 2. The van der Waals surface area contributed by atoms with Crippen molar-refractivity contribution in [1.29, 1.82) is 0 Å². The first-order valence-corrected chi connectivity index (χ1v) is 13.9. The average Bonchev–Trinajstić information content (AvgIpc) is 3.13. The fraction of sp³-hybridized carbons (Fsp3) is 0.536. The van der Waals surface area contributed by atoms with E-state index in [2.05, 4.69) is 20.5 Å². The number of benzene rings is 1. The Balaban J connectivity index is 1.38.